The fourth-order valence-electron chi connectivity index (χ4n) is 2.52. The van der Waals surface area contributed by atoms with Gasteiger partial charge in [-0.1, -0.05) is 6.07 Å². The Labute approximate surface area is 127 Å². The van der Waals surface area contributed by atoms with Crippen molar-refractivity contribution < 1.29 is 8.42 Å². The average Bonchev–Trinajstić information content (AvgIpc) is 3.29. The van der Waals surface area contributed by atoms with E-state index in [1.54, 1.807) is 0 Å². The molecule has 0 amide bonds. The van der Waals surface area contributed by atoms with E-state index in [0.29, 0.717) is 23.4 Å². The molecule has 0 aliphatic heterocycles. The van der Waals surface area contributed by atoms with Crippen molar-refractivity contribution in [1.82, 2.24) is 10.0 Å². The summed E-state index contributed by atoms with van der Waals surface area (Å²) >= 11 is 0. The standard InChI is InChI=1S/C16H24N2O2S/c1-11-7-12(2)16(8-14(11)10-17-15-5-6-15)21(19,20)18-9-13-3-4-13/h7-8,13,15,17-18H,3-6,9-10H2,1-2H3. The third-order valence-corrected chi connectivity index (χ3v) is 5.91. The van der Waals surface area contributed by atoms with E-state index in [1.807, 2.05) is 26.0 Å². The van der Waals surface area contributed by atoms with Crippen LogP contribution in [-0.2, 0) is 16.6 Å². The molecule has 0 atom stereocenters. The molecule has 21 heavy (non-hydrogen) atoms. The largest absolute Gasteiger partial charge is 0.310 e. The van der Waals surface area contributed by atoms with Crippen LogP contribution in [0.25, 0.3) is 0 Å². The van der Waals surface area contributed by atoms with Crippen LogP contribution in [0.1, 0.15) is 42.4 Å². The highest BCUT2D eigenvalue weighted by atomic mass is 32.2. The van der Waals surface area contributed by atoms with Gasteiger partial charge in [-0.15, -0.1) is 0 Å². The SMILES string of the molecule is Cc1cc(C)c(S(=O)(=O)NCC2CC2)cc1CNC1CC1. The Hall–Kier alpha value is -0.910. The van der Waals surface area contributed by atoms with Crippen LogP contribution >= 0.6 is 0 Å². The van der Waals surface area contributed by atoms with Gasteiger partial charge in [0.05, 0.1) is 4.90 Å². The highest BCUT2D eigenvalue weighted by Gasteiger charge is 2.26. The van der Waals surface area contributed by atoms with Crippen molar-refractivity contribution in [3.63, 3.8) is 0 Å². The number of nitrogens with one attached hydrogen (secondary N) is 2. The molecule has 0 saturated heterocycles. The summed E-state index contributed by atoms with van der Waals surface area (Å²) in [5.41, 5.74) is 3.06. The molecule has 116 valence electrons. The lowest BCUT2D eigenvalue weighted by molar-refractivity contribution is 0.576. The van der Waals surface area contributed by atoms with Gasteiger partial charge in [-0.25, -0.2) is 13.1 Å². The number of hydrogen-bond donors (Lipinski definition) is 2. The third-order valence-electron chi connectivity index (χ3n) is 4.34. The first kappa shape index (κ1) is 15.0. The van der Waals surface area contributed by atoms with Gasteiger partial charge >= 0.3 is 0 Å². The maximum atomic E-state index is 12.5. The maximum Gasteiger partial charge on any atom is 0.240 e. The minimum absolute atomic E-state index is 0.432. The van der Waals surface area contributed by atoms with Crippen molar-refractivity contribution >= 4 is 10.0 Å². The first-order valence-electron chi connectivity index (χ1n) is 7.79. The van der Waals surface area contributed by atoms with Gasteiger partial charge in [0.15, 0.2) is 0 Å². The lowest BCUT2D eigenvalue weighted by Crippen LogP contribution is -2.27. The lowest BCUT2D eigenvalue weighted by Gasteiger charge is -2.14. The van der Waals surface area contributed by atoms with Gasteiger partial charge in [-0.05, 0) is 68.2 Å². The van der Waals surface area contributed by atoms with Crippen LogP contribution in [0.3, 0.4) is 0 Å². The van der Waals surface area contributed by atoms with Crippen molar-refractivity contribution in [3.8, 4) is 0 Å². The number of sulfonamides is 1. The van der Waals surface area contributed by atoms with Crippen molar-refractivity contribution in [2.75, 3.05) is 6.54 Å². The minimum atomic E-state index is -3.39. The van der Waals surface area contributed by atoms with Gasteiger partial charge in [0.2, 0.25) is 10.0 Å². The predicted octanol–water partition coefficient (Wildman–Crippen LogP) is 2.24. The van der Waals surface area contributed by atoms with Crippen LogP contribution in [0.15, 0.2) is 17.0 Å². The molecule has 5 heteroatoms. The second kappa shape index (κ2) is 5.71. The summed E-state index contributed by atoms with van der Waals surface area (Å²) < 4.78 is 27.7. The Morgan fingerprint density at radius 3 is 2.43 bits per heavy atom. The molecule has 2 aliphatic carbocycles. The summed E-state index contributed by atoms with van der Waals surface area (Å²) in [4.78, 5) is 0.432. The van der Waals surface area contributed by atoms with Crippen molar-refractivity contribution in [3.05, 3.63) is 28.8 Å². The van der Waals surface area contributed by atoms with E-state index in [1.165, 1.54) is 12.8 Å². The summed E-state index contributed by atoms with van der Waals surface area (Å²) in [6.45, 7) is 5.24. The van der Waals surface area contributed by atoms with Crippen LogP contribution in [-0.4, -0.2) is 21.0 Å². The molecule has 4 nitrogen and oxygen atoms in total. The quantitative estimate of drug-likeness (QED) is 0.812. The van der Waals surface area contributed by atoms with Crippen LogP contribution in [0, 0.1) is 19.8 Å². The summed E-state index contributed by atoms with van der Waals surface area (Å²) in [6, 6.07) is 4.45. The monoisotopic (exact) mass is 308 g/mol. The number of rotatable bonds is 7. The fourth-order valence-corrected chi connectivity index (χ4v) is 3.91. The first-order valence-corrected chi connectivity index (χ1v) is 9.27. The van der Waals surface area contributed by atoms with Crippen LogP contribution < -0.4 is 10.0 Å². The molecule has 0 heterocycles. The Morgan fingerprint density at radius 2 is 1.81 bits per heavy atom. The van der Waals surface area contributed by atoms with Crippen LogP contribution in [0.4, 0.5) is 0 Å². The maximum absolute atomic E-state index is 12.5. The first-order chi connectivity index (χ1) is 9.95. The molecule has 0 radical (unpaired) electrons. The van der Waals surface area contributed by atoms with Crippen molar-refractivity contribution in [2.45, 2.75) is 57.0 Å². The van der Waals surface area contributed by atoms with Gasteiger partial charge in [-0.2, -0.15) is 0 Å². The summed E-state index contributed by atoms with van der Waals surface area (Å²) in [5, 5.41) is 3.46. The van der Waals surface area contributed by atoms with Gasteiger partial charge in [-0.3, -0.25) is 0 Å². The minimum Gasteiger partial charge on any atom is -0.310 e. The molecule has 2 saturated carbocycles. The molecule has 1 aromatic carbocycles. The Balaban J connectivity index is 1.79. The topological polar surface area (TPSA) is 58.2 Å². The molecule has 0 spiro atoms. The molecule has 0 aromatic heterocycles. The number of benzene rings is 1. The molecule has 2 fully saturated rings. The number of aryl methyl sites for hydroxylation is 2. The van der Waals surface area contributed by atoms with E-state index >= 15 is 0 Å². The predicted molar refractivity (Wildman–Crippen MR) is 83.7 cm³/mol. The van der Waals surface area contributed by atoms with E-state index < -0.39 is 10.0 Å². The van der Waals surface area contributed by atoms with E-state index in [4.69, 9.17) is 0 Å². The second-order valence-corrected chi connectivity index (χ2v) is 8.23. The highest BCUT2D eigenvalue weighted by molar-refractivity contribution is 7.89. The number of hydrogen-bond acceptors (Lipinski definition) is 3. The molecule has 3 rings (SSSR count). The highest BCUT2D eigenvalue weighted by Crippen LogP contribution is 2.29. The molecule has 0 bridgehead atoms. The Kier molecular flexibility index (Phi) is 4.08. The smallest absolute Gasteiger partial charge is 0.240 e. The van der Waals surface area contributed by atoms with Crippen LogP contribution in [0.5, 0.6) is 0 Å². The molecule has 0 unspecified atom stereocenters. The van der Waals surface area contributed by atoms with Gasteiger partial charge in [0.1, 0.15) is 0 Å². The Morgan fingerprint density at radius 1 is 1.10 bits per heavy atom. The van der Waals surface area contributed by atoms with E-state index in [2.05, 4.69) is 10.0 Å². The van der Waals surface area contributed by atoms with E-state index in [-0.39, 0.29) is 0 Å². The summed E-state index contributed by atoms with van der Waals surface area (Å²) in [5.74, 6) is 0.543. The second-order valence-electron chi connectivity index (χ2n) is 6.49. The van der Waals surface area contributed by atoms with E-state index in [0.717, 1.165) is 36.1 Å². The van der Waals surface area contributed by atoms with Gasteiger partial charge < -0.3 is 5.32 Å². The fraction of sp³-hybridized carbons (Fsp3) is 0.625. The zero-order valence-electron chi connectivity index (χ0n) is 12.8. The Bertz CT molecular complexity index is 632. The van der Waals surface area contributed by atoms with Gasteiger partial charge in [0, 0.05) is 19.1 Å². The zero-order chi connectivity index (χ0) is 15.0. The summed E-state index contributed by atoms with van der Waals surface area (Å²) in [7, 11) is -3.39. The van der Waals surface area contributed by atoms with Crippen LogP contribution in [0.2, 0.25) is 0 Å². The van der Waals surface area contributed by atoms with E-state index in [9.17, 15) is 8.42 Å². The summed E-state index contributed by atoms with van der Waals surface area (Å²) in [6.07, 6.45) is 4.76. The third kappa shape index (κ3) is 3.84. The lowest BCUT2D eigenvalue weighted by atomic mass is 10.1. The van der Waals surface area contributed by atoms with Crippen molar-refractivity contribution in [2.24, 2.45) is 5.92 Å². The van der Waals surface area contributed by atoms with Gasteiger partial charge in [0.25, 0.3) is 0 Å². The average molecular weight is 308 g/mol. The molecular formula is C16H24N2O2S. The molecular weight excluding hydrogens is 284 g/mol. The molecule has 2 aliphatic rings. The van der Waals surface area contributed by atoms with Crippen molar-refractivity contribution in [1.29, 1.82) is 0 Å². The zero-order valence-corrected chi connectivity index (χ0v) is 13.6. The molecule has 2 N–H and O–H groups in total. The normalized spacial score (nSPS) is 19.0. The molecule has 1 aromatic rings.